The van der Waals surface area contributed by atoms with Gasteiger partial charge in [-0.25, -0.2) is 8.42 Å². The van der Waals surface area contributed by atoms with E-state index in [0.717, 1.165) is 19.3 Å². The molecule has 1 saturated heterocycles. The smallest absolute Gasteiger partial charge is 0.304 e. The Morgan fingerprint density at radius 3 is 2.76 bits per heavy atom. The van der Waals surface area contributed by atoms with Gasteiger partial charge in [0, 0.05) is 19.1 Å². The number of aliphatic carboxylic acids is 1. The van der Waals surface area contributed by atoms with Crippen molar-refractivity contribution in [1.82, 2.24) is 9.62 Å². The lowest BCUT2D eigenvalue weighted by molar-refractivity contribution is -0.136. The zero-order valence-electron chi connectivity index (χ0n) is 10.1. The molecule has 17 heavy (non-hydrogen) atoms. The molecule has 0 aromatic rings. The number of sulfonamides is 1. The third-order valence-corrected chi connectivity index (χ3v) is 4.86. The zero-order valence-corrected chi connectivity index (χ0v) is 10.9. The number of likely N-dealkylation sites (N-methyl/N-ethyl adjacent to an activating group) is 1. The number of piperidine rings is 1. The van der Waals surface area contributed by atoms with Gasteiger partial charge in [-0.2, -0.15) is 4.31 Å². The number of carboxylic acid groups (broad SMARTS) is 1. The van der Waals surface area contributed by atoms with Crippen LogP contribution in [0.25, 0.3) is 0 Å². The lowest BCUT2D eigenvalue weighted by atomic mass is 10.1. The van der Waals surface area contributed by atoms with Crippen molar-refractivity contribution in [2.75, 3.05) is 25.9 Å². The maximum absolute atomic E-state index is 12.0. The first-order valence-corrected chi connectivity index (χ1v) is 7.44. The van der Waals surface area contributed by atoms with E-state index in [-0.39, 0.29) is 18.2 Å². The van der Waals surface area contributed by atoms with E-state index in [2.05, 4.69) is 5.32 Å². The van der Waals surface area contributed by atoms with Crippen LogP contribution in [0.2, 0.25) is 0 Å². The fourth-order valence-corrected chi connectivity index (χ4v) is 3.82. The van der Waals surface area contributed by atoms with E-state index in [9.17, 15) is 13.2 Å². The van der Waals surface area contributed by atoms with Gasteiger partial charge in [0.05, 0.1) is 12.2 Å². The van der Waals surface area contributed by atoms with Gasteiger partial charge in [-0.05, 0) is 19.9 Å². The molecule has 1 aliphatic rings. The molecule has 0 aliphatic carbocycles. The number of nitrogens with zero attached hydrogens (tertiary/aromatic N) is 1. The van der Waals surface area contributed by atoms with Crippen molar-refractivity contribution >= 4 is 16.0 Å². The van der Waals surface area contributed by atoms with Crippen molar-refractivity contribution in [2.45, 2.75) is 31.7 Å². The summed E-state index contributed by atoms with van der Waals surface area (Å²) in [7, 11) is -1.65. The molecule has 0 radical (unpaired) electrons. The van der Waals surface area contributed by atoms with Gasteiger partial charge in [0.15, 0.2) is 0 Å². The summed E-state index contributed by atoms with van der Waals surface area (Å²) in [6.07, 6.45) is 2.39. The van der Waals surface area contributed by atoms with E-state index in [0.29, 0.717) is 13.1 Å². The van der Waals surface area contributed by atoms with Crippen LogP contribution < -0.4 is 5.32 Å². The summed E-state index contributed by atoms with van der Waals surface area (Å²) in [5.41, 5.74) is 0. The largest absolute Gasteiger partial charge is 0.481 e. The first-order chi connectivity index (χ1) is 7.97. The van der Waals surface area contributed by atoms with E-state index in [1.165, 1.54) is 4.31 Å². The number of carbonyl (C=O) groups is 1. The molecule has 1 aliphatic heterocycles. The van der Waals surface area contributed by atoms with E-state index >= 15 is 0 Å². The molecule has 0 bridgehead atoms. The fourth-order valence-electron chi connectivity index (χ4n) is 2.11. The van der Waals surface area contributed by atoms with Crippen LogP contribution in [0.3, 0.4) is 0 Å². The van der Waals surface area contributed by atoms with E-state index in [4.69, 9.17) is 5.11 Å². The monoisotopic (exact) mass is 264 g/mol. The van der Waals surface area contributed by atoms with Crippen LogP contribution in [0.5, 0.6) is 0 Å². The van der Waals surface area contributed by atoms with Crippen molar-refractivity contribution in [1.29, 1.82) is 0 Å². The maximum Gasteiger partial charge on any atom is 0.304 e. The van der Waals surface area contributed by atoms with Crippen molar-refractivity contribution in [3.63, 3.8) is 0 Å². The standard InChI is InChI=1S/C10H20N2O4S/c1-11-8-9-4-2-3-6-12(9)17(15,16)7-5-10(13)14/h9,11H,2-8H2,1H3,(H,13,14). The third-order valence-electron chi connectivity index (χ3n) is 2.94. The quantitative estimate of drug-likeness (QED) is 0.697. The highest BCUT2D eigenvalue weighted by Gasteiger charge is 2.31. The van der Waals surface area contributed by atoms with E-state index in [1.54, 1.807) is 7.05 Å². The number of carboxylic acids is 1. The van der Waals surface area contributed by atoms with Crippen LogP contribution in [-0.2, 0) is 14.8 Å². The second-order valence-electron chi connectivity index (χ2n) is 4.28. The summed E-state index contributed by atoms with van der Waals surface area (Å²) in [5.74, 6) is -1.38. The maximum atomic E-state index is 12.0. The van der Waals surface area contributed by atoms with Crippen LogP contribution in [-0.4, -0.2) is 55.7 Å². The van der Waals surface area contributed by atoms with Crippen molar-refractivity contribution in [3.05, 3.63) is 0 Å². The molecule has 2 N–H and O–H groups in total. The number of nitrogens with one attached hydrogen (secondary N) is 1. The van der Waals surface area contributed by atoms with Crippen LogP contribution in [0.4, 0.5) is 0 Å². The number of rotatable bonds is 6. The lowest BCUT2D eigenvalue weighted by Crippen LogP contribution is -2.48. The highest BCUT2D eigenvalue weighted by molar-refractivity contribution is 7.89. The molecule has 0 aromatic carbocycles. The molecule has 100 valence electrons. The minimum atomic E-state index is -3.44. The van der Waals surface area contributed by atoms with Gasteiger partial charge >= 0.3 is 5.97 Å². The summed E-state index contributed by atoms with van der Waals surface area (Å²) in [4.78, 5) is 10.4. The molecule has 1 atom stereocenters. The molecule has 0 spiro atoms. The second kappa shape index (κ2) is 6.32. The van der Waals surface area contributed by atoms with Gasteiger partial charge in [-0.1, -0.05) is 6.42 Å². The fraction of sp³-hybridized carbons (Fsp3) is 0.900. The molecule has 0 aromatic heterocycles. The van der Waals surface area contributed by atoms with Gasteiger partial charge < -0.3 is 10.4 Å². The summed E-state index contributed by atoms with van der Waals surface area (Å²) in [5, 5.41) is 11.5. The SMILES string of the molecule is CNCC1CCCCN1S(=O)(=O)CCC(=O)O. The highest BCUT2D eigenvalue weighted by Crippen LogP contribution is 2.20. The summed E-state index contributed by atoms with van der Waals surface area (Å²) in [6.45, 7) is 1.13. The predicted octanol–water partition coefficient (Wildman–Crippen LogP) is -0.135. The van der Waals surface area contributed by atoms with Crippen LogP contribution in [0.15, 0.2) is 0 Å². The zero-order chi connectivity index (χ0) is 12.9. The topological polar surface area (TPSA) is 86.7 Å². The molecule has 0 amide bonds. The summed E-state index contributed by atoms with van der Waals surface area (Å²) < 4.78 is 25.5. The van der Waals surface area contributed by atoms with E-state index in [1.807, 2.05) is 0 Å². The predicted molar refractivity (Wildman–Crippen MR) is 64.3 cm³/mol. The Labute approximate surface area is 102 Å². The van der Waals surface area contributed by atoms with Crippen molar-refractivity contribution < 1.29 is 18.3 Å². The Morgan fingerprint density at radius 2 is 2.18 bits per heavy atom. The van der Waals surface area contributed by atoms with Crippen LogP contribution in [0.1, 0.15) is 25.7 Å². The lowest BCUT2D eigenvalue weighted by Gasteiger charge is -2.34. The first kappa shape index (κ1) is 14.4. The Balaban J connectivity index is 2.68. The summed E-state index contributed by atoms with van der Waals surface area (Å²) >= 11 is 0. The molecule has 1 fully saturated rings. The molecule has 7 heteroatoms. The average Bonchev–Trinajstić information content (AvgIpc) is 2.28. The number of hydrogen-bond donors (Lipinski definition) is 2. The Hall–Kier alpha value is -0.660. The molecule has 6 nitrogen and oxygen atoms in total. The van der Waals surface area contributed by atoms with Gasteiger partial charge in [0.25, 0.3) is 0 Å². The van der Waals surface area contributed by atoms with E-state index < -0.39 is 16.0 Å². The van der Waals surface area contributed by atoms with Crippen molar-refractivity contribution in [2.24, 2.45) is 0 Å². The third kappa shape index (κ3) is 4.25. The Morgan fingerprint density at radius 1 is 1.47 bits per heavy atom. The second-order valence-corrected chi connectivity index (χ2v) is 6.32. The normalized spacial score (nSPS) is 22.5. The molecular weight excluding hydrogens is 244 g/mol. The Kier molecular flexibility index (Phi) is 5.35. The van der Waals surface area contributed by atoms with Crippen LogP contribution >= 0.6 is 0 Å². The van der Waals surface area contributed by atoms with Crippen molar-refractivity contribution in [3.8, 4) is 0 Å². The molecule has 0 saturated carbocycles. The molecular formula is C10H20N2O4S. The minimum Gasteiger partial charge on any atom is -0.481 e. The van der Waals surface area contributed by atoms with Crippen LogP contribution in [0, 0.1) is 0 Å². The number of hydrogen-bond acceptors (Lipinski definition) is 4. The van der Waals surface area contributed by atoms with Gasteiger partial charge in [-0.3, -0.25) is 4.79 Å². The van der Waals surface area contributed by atoms with Gasteiger partial charge in [-0.15, -0.1) is 0 Å². The van der Waals surface area contributed by atoms with Gasteiger partial charge in [0.1, 0.15) is 0 Å². The molecule has 1 rings (SSSR count). The summed E-state index contributed by atoms with van der Waals surface area (Å²) in [6, 6.07) is -0.0347. The molecule has 1 heterocycles. The molecule has 1 unspecified atom stereocenters. The first-order valence-electron chi connectivity index (χ1n) is 5.83. The average molecular weight is 264 g/mol. The van der Waals surface area contributed by atoms with Gasteiger partial charge in [0.2, 0.25) is 10.0 Å². The highest BCUT2D eigenvalue weighted by atomic mass is 32.2. The Bertz CT molecular complexity index is 353. The minimum absolute atomic E-state index is 0.0347.